The van der Waals surface area contributed by atoms with Crippen molar-refractivity contribution in [3.05, 3.63) is 120 Å². The Labute approximate surface area is 459 Å². The molecule has 2 fully saturated rings. The Morgan fingerprint density at radius 2 is 0.962 bits per heavy atom. The quantitative estimate of drug-likeness (QED) is 0.0553. The van der Waals surface area contributed by atoms with Crippen molar-refractivity contribution < 1.29 is 38.2 Å². The topological polar surface area (TPSA) is 251 Å². The molecule has 0 aliphatic carbocycles. The van der Waals surface area contributed by atoms with E-state index < -0.39 is 48.1 Å². The highest BCUT2D eigenvalue weighted by Gasteiger charge is 2.41. The fourth-order valence-corrected chi connectivity index (χ4v) is 9.92. The van der Waals surface area contributed by atoms with E-state index in [-0.39, 0.29) is 36.8 Å². The van der Waals surface area contributed by atoms with Crippen molar-refractivity contribution >= 4 is 68.5 Å². The smallest absolute Gasteiger partial charge is 0.250 e. The van der Waals surface area contributed by atoms with Crippen molar-refractivity contribution in [3.8, 4) is 57.7 Å². The summed E-state index contributed by atoms with van der Waals surface area (Å²) < 4.78 is 19.7. The van der Waals surface area contributed by atoms with E-state index in [2.05, 4.69) is 74.8 Å². The number of aromatic nitrogens is 4. The zero-order chi connectivity index (χ0) is 55.0. The van der Waals surface area contributed by atoms with E-state index in [9.17, 15) is 28.8 Å². The van der Waals surface area contributed by atoms with Gasteiger partial charge in [-0.25, -0.2) is 0 Å². The molecule has 402 valence electrons. The molecule has 2 aliphatic heterocycles. The van der Waals surface area contributed by atoms with E-state index in [1.54, 1.807) is 76.5 Å². The average Bonchev–Trinajstić information content (AvgIpc) is 4.38. The number of nitrogens with one attached hydrogen (secondary N) is 6. The van der Waals surface area contributed by atoms with Gasteiger partial charge in [0.15, 0.2) is 0 Å². The van der Waals surface area contributed by atoms with Gasteiger partial charge >= 0.3 is 0 Å². The van der Waals surface area contributed by atoms with Crippen molar-refractivity contribution in [1.29, 1.82) is 0 Å². The molecule has 20 nitrogen and oxygen atoms in total. The standard InChI is InChI=1S/C56H58N12O8S2/c1-35(57-3)49(69)59-47(55(73)67-31-15-21-43(67)51(71)61-53-45(63-65-77-53)37-17-9-7-10-18-37)39-23-27-41(28-24-39)75-33-13-5-6-14-34-76-42-29-25-40(26-30-42)48(60-50(70)36(2)58-4)56(74)68-32-16-22-44(68)52(72)62-54-46(64-66-78-54)38-19-11-8-12-20-38/h7-12,17-20,23-30,35-36,43-44,47-48,57-58H,15-16,21-22,31-34H2,1-4H3,(H,59,69)(H,60,70)(H,61,71)(H,62,72)/t35-,36-,43-,44-,47-,48-/m1/s1. The number of amides is 6. The van der Waals surface area contributed by atoms with Crippen molar-refractivity contribution in [1.82, 2.24) is 50.2 Å². The SMILES string of the molecule is CN[C@H](C)C(=O)N[C@@H](C(=O)N1CCC[C@@H]1C(=O)Nc1snnc1-c1ccccc1)c1ccc(OCC#CC#CCOc2ccc([C@@H](NC(=O)[C@@H](C)NC)C(=O)N3CCC[C@@H]3C(=O)Nc3snnc3-c3ccccc3)cc2)cc1. The third kappa shape index (κ3) is 13.9. The Morgan fingerprint density at radius 3 is 1.33 bits per heavy atom. The van der Waals surface area contributed by atoms with Crippen LogP contribution in [-0.2, 0) is 28.8 Å². The number of hydrogen-bond donors (Lipinski definition) is 6. The lowest BCUT2D eigenvalue weighted by atomic mass is 10.0. The Balaban J connectivity index is 0.845. The number of carbonyl (C=O) groups excluding carboxylic acids is 6. The minimum Gasteiger partial charge on any atom is -0.481 e. The summed E-state index contributed by atoms with van der Waals surface area (Å²) in [5.41, 5.74) is 3.68. The molecule has 0 radical (unpaired) electrons. The summed E-state index contributed by atoms with van der Waals surface area (Å²) >= 11 is 2.11. The first kappa shape index (κ1) is 55.7. The van der Waals surface area contributed by atoms with Gasteiger partial charge in [-0.1, -0.05) is 93.9 Å². The fraction of sp³-hybridized carbons (Fsp3) is 0.321. The number of likely N-dealkylation sites (tertiary alicyclic amines) is 2. The minimum absolute atomic E-state index is 0.00607. The third-order valence-corrected chi connectivity index (χ3v) is 14.5. The van der Waals surface area contributed by atoms with Crippen LogP contribution >= 0.6 is 23.1 Å². The lowest BCUT2D eigenvalue weighted by molar-refractivity contribution is -0.140. The molecular weight excluding hydrogens is 1030 g/mol. The average molecular weight is 1090 g/mol. The normalized spacial score (nSPS) is 16.2. The predicted octanol–water partition coefficient (Wildman–Crippen LogP) is 4.98. The number of benzene rings is 4. The van der Waals surface area contributed by atoms with Gasteiger partial charge in [-0.15, -0.1) is 10.2 Å². The van der Waals surface area contributed by atoms with Gasteiger partial charge in [0.1, 0.15) is 70.3 Å². The molecular formula is C56H58N12O8S2. The monoisotopic (exact) mass is 1090 g/mol. The summed E-state index contributed by atoms with van der Waals surface area (Å²) in [7, 11) is 3.30. The maximum atomic E-state index is 14.3. The molecule has 2 saturated heterocycles. The molecule has 0 unspecified atom stereocenters. The lowest BCUT2D eigenvalue weighted by Gasteiger charge is -2.29. The van der Waals surface area contributed by atoms with E-state index in [0.29, 0.717) is 82.8 Å². The molecule has 0 spiro atoms. The molecule has 0 bridgehead atoms. The third-order valence-electron chi connectivity index (χ3n) is 13.2. The van der Waals surface area contributed by atoms with Crippen molar-refractivity contribution in [3.63, 3.8) is 0 Å². The maximum Gasteiger partial charge on any atom is 0.250 e. The van der Waals surface area contributed by atoms with Crippen LogP contribution in [0.4, 0.5) is 10.0 Å². The molecule has 6 atom stereocenters. The second-order valence-corrected chi connectivity index (χ2v) is 19.7. The van der Waals surface area contributed by atoms with E-state index in [0.717, 1.165) is 34.2 Å². The summed E-state index contributed by atoms with van der Waals surface area (Å²) in [5.74, 6) is 9.76. The van der Waals surface area contributed by atoms with Crippen LogP contribution in [0.15, 0.2) is 109 Å². The van der Waals surface area contributed by atoms with Gasteiger partial charge in [0, 0.05) is 47.3 Å². The molecule has 22 heteroatoms. The van der Waals surface area contributed by atoms with Gasteiger partial charge in [-0.3, -0.25) is 28.8 Å². The second kappa shape index (κ2) is 27.0. The van der Waals surface area contributed by atoms with Crippen LogP contribution in [0.1, 0.15) is 62.7 Å². The van der Waals surface area contributed by atoms with Crippen molar-refractivity contribution in [2.45, 2.75) is 75.8 Å². The van der Waals surface area contributed by atoms with Gasteiger partial charge in [0.05, 0.1) is 12.1 Å². The molecule has 6 amide bonds. The fourth-order valence-electron chi connectivity index (χ4n) is 8.73. The summed E-state index contributed by atoms with van der Waals surface area (Å²) in [6, 6.07) is 27.3. The van der Waals surface area contributed by atoms with Crippen LogP contribution in [-0.4, -0.2) is 129 Å². The zero-order valence-electron chi connectivity index (χ0n) is 43.3. The molecule has 8 rings (SSSR count). The van der Waals surface area contributed by atoms with Gasteiger partial charge in [-0.2, -0.15) is 0 Å². The highest BCUT2D eigenvalue weighted by atomic mass is 32.1. The first-order valence-corrected chi connectivity index (χ1v) is 26.8. The van der Waals surface area contributed by atoms with Crippen LogP contribution in [0.2, 0.25) is 0 Å². The molecule has 2 aromatic heterocycles. The molecule has 6 N–H and O–H groups in total. The van der Waals surface area contributed by atoms with E-state index in [1.165, 1.54) is 9.80 Å². The summed E-state index contributed by atoms with van der Waals surface area (Å²) in [4.78, 5) is 85.5. The number of hydrogen-bond acceptors (Lipinski definition) is 16. The number of carbonyl (C=O) groups is 6. The van der Waals surface area contributed by atoms with Crippen molar-refractivity contribution in [2.75, 3.05) is 51.0 Å². The van der Waals surface area contributed by atoms with Gasteiger partial charge < -0.3 is 51.2 Å². The first-order chi connectivity index (χ1) is 37.9. The van der Waals surface area contributed by atoms with Gasteiger partial charge in [-0.05, 0) is 113 Å². The van der Waals surface area contributed by atoms with E-state index in [4.69, 9.17) is 9.47 Å². The molecule has 4 aromatic carbocycles. The minimum atomic E-state index is -1.09. The molecule has 78 heavy (non-hydrogen) atoms. The predicted molar refractivity (Wildman–Crippen MR) is 296 cm³/mol. The number of ether oxygens (including phenoxy) is 2. The van der Waals surface area contributed by atoms with Gasteiger partial charge in [0.2, 0.25) is 35.4 Å². The molecule has 6 aromatic rings. The second-order valence-electron chi connectivity index (χ2n) is 18.2. The van der Waals surface area contributed by atoms with Crippen LogP contribution in [0.25, 0.3) is 22.5 Å². The van der Waals surface area contributed by atoms with Crippen molar-refractivity contribution in [2.24, 2.45) is 0 Å². The number of rotatable bonds is 20. The molecule has 4 heterocycles. The highest BCUT2D eigenvalue weighted by molar-refractivity contribution is 7.11. The van der Waals surface area contributed by atoms with Crippen LogP contribution in [0.5, 0.6) is 11.5 Å². The van der Waals surface area contributed by atoms with E-state index in [1.807, 2.05) is 60.7 Å². The maximum absolute atomic E-state index is 14.3. The number of anilines is 2. The summed E-state index contributed by atoms with van der Waals surface area (Å²) in [5, 5.41) is 26.8. The van der Waals surface area contributed by atoms with Crippen LogP contribution < -0.4 is 41.4 Å². The first-order valence-electron chi connectivity index (χ1n) is 25.3. The Kier molecular flexibility index (Phi) is 19.3. The van der Waals surface area contributed by atoms with E-state index >= 15 is 0 Å². The Hall–Kier alpha value is -8.54. The number of nitrogens with zero attached hydrogens (tertiary/aromatic N) is 6. The Morgan fingerprint density at radius 1 is 0.577 bits per heavy atom. The highest BCUT2D eigenvalue weighted by Crippen LogP contribution is 2.33. The summed E-state index contributed by atoms with van der Waals surface area (Å²) in [6.07, 6.45) is 2.09. The van der Waals surface area contributed by atoms with Crippen LogP contribution in [0, 0.1) is 23.7 Å². The summed E-state index contributed by atoms with van der Waals surface area (Å²) in [6.45, 7) is 4.04. The Bertz CT molecular complexity index is 2980. The largest absolute Gasteiger partial charge is 0.481 e. The molecule has 2 aliphatic rings. The molecule has 0 saturated carbocycles. The number of likely N-dealkylation sites (N-methyl/N-ethyl adjacent to an activating group) is 2. The van der Waals surface area contributed by atoms with Gasteiger partial charge in [0.25, 0.3) is 0 Å². The lowest BCUT2D eigenvalue weighted by Crippen LogP contribution is -2.51. The zero-order valence-corrected chi connectivity index (χ0v) is 44.9. The van der Waals surface area contributed by atoms with Crippen LogP contribution in [0.3, 0.4) is 0 Å².